The Morgan fingerprint density at radius 3 is 2.00 bits per heavy atom. The van der Waals surface area contributed by atoms with Crippen molar-refractivity contribution in [3.63, 3.8) is 0 Å². The Labute approximate surface area is 137 Å². The Bertz CT molecular complexity index is 341. The molecule has 1 aromatic heterocycles. The fourth-order valence-electron chi connectivity index (χ4n) is 2.63. The average molecular weight is 309 g/mol. The van der Waals surface area contributed by atoms with Gasteiger partial charge in [0.05, 0.1) is 0 Å². The van der Waals surface area contributed by atoms with Crippen molar-refractivity contribution < 1.29 is 4.74 Å². The summed E-state index contributed by atoms with van der Waals surface area (Å²) < 4.78 is 7.40. The molecule has 0 fully saturated rings. The molecule has 0 aromatic carbocycles. The van der Waals surface area contributed by atoms with Crippen molar-refractivity contribution >= 4 is 0 Å². The summed E-state index contributed by atoms with van der Waals surface area (Å²) in [4.78, 5) is 0. The maximum Gasteiger partial charge on any atom is 0.139 e. The normalized spacial score (nSPS) is 12.0. The van der Waals surface area contributed by atoms with Gasteiger partial charge in [-0.2, -0.15) is 5.10 Å². The van der Waals surface area contributed by atoms with Crippen molar-refractivity contribution in [1.82, 2.24) is 9.78 Å². The van der Waals surface area contributed by atoms with E-state index in [0.717, 1.165) is 6.61 Å². The molecule has 0 unspecified atom stereocenters. The van der Waals surface area contributed by atoms with Crippen molar-refractivity contribution in [3.05, 3.63) is 18.5 Å². The molecule has 0 atom stereocenters. The molecule has 0 N–H and O–H groups in total. The number of nitrogens with zero attached hydrogens (tertiary/aromatic N) is 2. The predicted molar refractivity (Wildman–Crippen MR) is 93.8 cm³/mol. The summed E-state index contributed by atoms with van der Waals surface area (Å²) in [7, 11) is 0. The van der Waals surface area contributed by atoms with E-state index >= 15 is 0 Å². The summed E-state index contributed by atoms with van der Waals surface area (Å²) in [6.07, 6.45) is 17.4. The van der Waals surface area contributed by atoms with E-state index in [9.17, 15) is 0 Å². The first-order valence-electron chi connectivity index (χ1n) is 9.13. The largest absolute Gasteiger partial charge is 0.359 e. The van der Waals surface area contributed by atoms with Crippen LogP contribution in [0.15, 0.2) is 18.5 Å². The van der Waals surface area contributed by atoms with Crippen molar-refractivity contribution in [1.29, 1.82) is 0 Å². The third-order valence-electron chi connectivity index (χ3n) is 4.00. The first-order valence-corrected chi connectivity index (χ1v) is 9.13. The lowest BCUT2D eigenvalue weighted by Crippen LogP contribution is -2.04. The zero-order valence-electron chi connectivity index (χ0n) is 15.0. The Kier molecular flexibility index (Phi) is 10.2. The molecule has 128 valence electrons. The maximum atomic E-state index is 5.58. The number of unbranched alkanes of at least 4 members (excludes halogenated alkanes) is 8. The molecular formula is C19H36N2O. The molecule has 3 nitrogen and oxygen atoms in total. The fraction of sp³-hybridized carbons (Fsp3) is 0.842. The fourth-order valence-corrected chi connectivity index (χ4v) is 2.63. The van der Waals surface area contributed by atoms with Crippen molar-refractivity contribution in [3.8, 4) is 0 Å². The summed E-state index contributed by atoms with van der Waals surface area (Å²) in [5, 5.41) is 4.11. The van der Waals surface area contributed by atoms with Gasteiger partial charge in [-0.15, -0.1) is 0 Å². The summed E-state index contributed by atoms with van der Waals surface area (Å²) >= 11 is 0. The third kappa shape index (κ3) is 11.8. The molecule has 3 heteroatoms. The summed E-state index contributed by atoms with van der Waals surface area (Å²) in [5.41, 5.74) is 0.513. The van der Waals surface area contributed by atoms with Crippen LogP contribution in [0.3, 0.4) is 0 Å². The molecule has 0 aliphatic rings. The second-order valence-corrected chi connectivity index (χ2v) is 7.58. The van der Waals surface area contributed by atoms with Crippen LogP contribution < -0.4 is 0 Å². The molecule has 0 radical (unpaired) electrons. The molecule has 1 aromatic rings. The number of ether oxygens (including phenoxy) is 1. The van der Waals surface area contributed by atoms with Crippen LogP contribution >= 0.6 is 0 Å². The molecule has 1 rings (SSSR count). The molecule has 22 heavy (non-hydrogen) atoms. The van der Waals surface area contributed by atoms with Gasteiger partial charge in [-0.1, -0.05) is 72.1 Å². The van der Waals surface area contributed by atoms with Crippen LogP contribution in [0.5, 0.6) is 0 Å². The van der Waals surface area contributed by atoms with Crippen LogP contribution in [-0.4, -0.2) is 16.4 Å². The van der Waals surface area contributed by atoms with E-state index in [2.05, 4.69) is 25.9 Å². The average Bonchev–Trinajstić information content (AvgIpc) is 2.96. The maximum absolute atomic E-state index is 5.58. The molecule has 0 bridgehead atoms. The molecule has 0 aliphatic heterocycles. The van der Waals surface area contributed by atoms with Crippen LogP contribution in [0.25, 0.3) is 0 Å². The van der Waals surface area contributed by atoms with E-state index < -0.39 is 0 Å². The van der Waals surface area contributed by atoms with E-state index in [0.29, 0.717) is 12.1 Å². The summed E-state index contributed by atoms with van der Waals surface area (Å²) in [6.45, 7) is 8.46. The predicted octanol–water partition coefficient (Wildman–Crippen LogP) is 5.80. The molecule has 0 saturated heterocycles. The number of rotatable bonds is 13. The lowest BCUT2D eigenvalue weighted by Gasteiger charge is -2.17. The van der Waals surface area contributed by atoms with Crippen molar-refractivity contribution in [2.24, 2.45) is 5.41 Å². The second kappa shape index (κ2) is 11.7. The zero-order valence-corrected chi connectivity index (χ0v) is 15.0. The quantitative estimate of drug-likeness (QED) is 0.430. The Balaban J connectivity index is 1.73. The second-order valence-electron chi connectivity index (χ2n) is 7.58. The monoisotopic (exact) mass is 308 g/mol. The van der Waals surface area contributed by atoms with Crippen LogP contribution in [-0.2, 0) is 11.5 Å². The Hall–Kier alpha value is -0.830. The van der Waals surface area contributed by atoms with E-state index in [-0.39, 0.29) is 0 Å². The minimum atomic E-state index is 0.513. The van der Waals surface area contributed by atoms with Crippen LogP contribution in [0.1, 0.15) is 85.0 Å². The van der Waals surface area contributed by atoms with Crippen LogP contribution in [0.4, 0.5) is 0 Å². The van der Waals surface area contributed by atoms with Gasteiger partial charge in [0, 0.05) is 19.0 Å². The lowest BCUT2D eigenvalue weighted by molar-refractivity contribution is 0.0659. The minimum absolute atomic E-state index is 0.513. The van der Waals surface area contributed by atoms with E-state index in [1.165, 1.54) is 64.2 Å². The Morgan fingerprint density at radius 2 is 1.45 bits per heavy atom. The molecule has 0 aliphatic carbocycles. The SMILES string of the molecule is CC(C)(C)CCCCCCCCCCCOCn1cccn1. The molecular weight excluding hydrogens is 272 g/mol. The first-order chi connectivity index (χ1) is 10.6. The van der Waals surface area contributed by atoms with Gasteiger partial charge in [-0.25, -0.2) is 4.68 Å². The molecule has 1 heterocycles. The van der Waals surface area contributed by atoms with Gasteiger partial charge in [0.1, 0.15) is 6.73 Å². The van der Waals surface area contributed by atoms with E-state index in [4.69, 9.17) is 4.74 Å². The van der Waals surface area contributed by atoms with Crippen LogP contribution in [0.2, 0.25) is 0 Å². The highest BCUT2D eigenvalue weighted by atomic mass is 16.5. The zero-order chi connectivity index (χ0) is 16.1. The van der Waals surface area contributed by atoms with E-state index in [1.54, 1.807) is 6.20 Å². The first kappa shape index (κ1) is 19.2. The van der Waals surface area contributed by atoms with Gasteiger partial charge in [-0.05, 0) is 24.3 Å². The topological polar surface area (TPSA) is 27.1 Å². The molecule has 0 saturated carbocycles. The minimum Gasteiger partial charge on any atom is -0.359 e. The highest BCUT2D eigenvalue weighted by Crippen LogP contribution is 2.22. The number of aromatic nitrogens is 2. The van der Waals surface area contributed by atoms with Gasteiger partial charge in [-0.3, -0.25) is 0 Å². The van der Waals surface area contributed by atoms with Gasteiger partial charge in [0.2, 0.25) is 0 Å². The van der Waals surface area contributed by atoms with Gasteiger partial charge in [0.25, 0.3) is 0 Å². The standard InChI is InChI=1S/C19H36N2O/c1-19(2,3)14-11-9-7-5-4-6-8-10-12-17-22-18-21-16-13-15-20-21/h13,15-16H,4-12,14,17-18H2,1-3H3. The van der Waals surface area contributed by atoms with E-state index in [1.807, 2.05) is 16.9 Å². The highest BCUT2D eigenvalue weighted by Gasteiger charge is 2.08. The number of hydrogen-bond acceptors (Lipinski definition) is 2. The summed E-state index contributed by atoms with van der Waals surface area (Å²) in [6, 6.07) is 1.92. The Morgan fingerprint density at radius 1 is 0.864 bits per heavy atom. The third-order valence-corrected chi connectivity index (χ3v) is 4.00. The lowest BCUT2D eigenvalue weighted by atomic mass is 9.89. The van der Waals surface area contributed by atoms with Crippen LogP contribution in [0, 0.1) is 5.41 Å². The highest BCUT2D eigenvalue weighted by molar-refractivity contribution is 4.76. The molecule has 0 spiro atoms. The van der Waals surface area contributed by atoms with Crippen molar-refractivity contribution in [2.45, 2.75) is 91.7 Å². The smallest absolute Gasteiger partial charge is 0.139 e. The van der Waals surface area contributed by atoms with Gasteiger partial charge in [0.15, 0.2) is 0 Å². The van der Waals surface area contributed by atoms with Gasteiger partial charge >= 0.3 is 0 Å². The number of hydrogen-bond donors (Lipinski definition) is 0. The molecule has 0 amide bonds. The summed E-state index contributed by atoms with van der Waals surface area (Å²) in [5.74, 6) is 0. The van der Waals surface area contributed by atoms with Crippen molar-refractivity contribution in [2.75, 3.05) is 6.61 Å². The van der Waals surface area contributed by atoms with Gasteiger partial charge < -0.3 is 4.74 Å².